The molecule has 20 heavy (non-hydrogen) atoms. The van der Waals surface area contributed by atoms with E-state index in [4.69, 9.17) is 4.74 Å². The van der Waals surface area contributed by atoms with Crippen LogP contribution in [0.4, 0.5) is 0 Å². The molecule has 2 aliphatic carbocycles. The molecule has 0 aromatic rings. The van der Waals surface area contributed by atoms with E-state index in [0.717, 1.165) is 45.3 Å². The van der Waals surface area contributed by atoms with E-state index in [9.17, 15) is 5.11 Å². The highest BCUT2D eigenvalue weighted by Crippen LogP contribution is 2.44. The molecule has 0 radical (unpaired) electrons. The zero-order valence-electron chi connectivity index (χ0n) is 14.0. The summed E-state index contributed by atoms with van der Waals surface area (Å²) in [6, 6.07) is 0.470. The Morgan fingerprint density at radius 2 is 1.70 bits per heavy atom. The summed E-state index contributed by atoms with van der Waals surface area (Å²) in [5.41, 5.74) is 0.0879. The lowest BCUT2D eigenvalue weighted by atomic mass is 9.64. The molecule has 0 aromatic carbocycles. The first-order valence-corrected chi connectivity index (χ1v) is 8.26. The number of rotatable bonds is 5. The summed E-state index contributed by atoms with van der Waals surface area (Å²) in [6.07, 6.45) is 5.54. The first kappa shape index (κ1) is 16.3. The Labute approximate surface area is 124 Å². The van der Waals surface area contributed by atoms with Crippen molar-refractivity contribution in [3.05, 3.63) is 0 Å². The third-order valence-corrected chi connectivity index (χ3v) is 5.76. The molecule has 2 unspecified atom stereocenters. The molecule has 2 fully saturated rings. The summed E-state index contributed by atoms with van der Waals surface area (Å²) in [5.74, 6) is 0. The van der Waals surface area contributed by atoms with Crippen molar-refractivity contribution in [2.75, 3.05) is 13.2 Å². The van der Waals surface area contributed by atoms with E-state index in [1.165, 1.54) is 0 Å². The molecular weight excluding hydrogens is 250 g/mol. The highest BCUT2D eigenvalue weighted by Gasteiger charge is 2.49. The number of ether oxygens (including phenoxy) is 1. The summed E-state index contributed by atoms with van der Waals surface area (Å²) in [4.78, 5) is 0. The zero-order valence-corrected chi connectivity index (χ0v) is 14.0. The van der Waals surface area contributed by atoms with Gasteiger partial charge in [0.25, 0.3) is 0 Å². The molecular formula is C17H33NO2. The minimum absolute atomic E-state index is 0.181. The molecule has 3 heteroatoms. The van der Waals surface area contributed by atoms with Gasteiger partial charge in [-0.25, -0.2) is 0 Å². The molecule has 0 aromatic heterocycles. The van der Waals surface area contributed by atoms with E-state index >= 15 is 0 Å². The fourth-order valence-corrected chi connectivity index (χ4v) is 3.60. The topological polar surface area (TPSA) is 41.5 Å². The zero-order chi connectivity index (χ0) is 15.0. The monoisotopic (exact) mass is 283 g/mol. The molecule has 0 spiro atoms. The van der Waals surface area contributed by atoms with E-state index in [0.29, 0.717) is 17.6 Å². The Morgan fingerprint density at radius 1 is 1.10 bits per heavy atom. The second-order valence-electron chi connectivity index (χ2n) is 8.32. The smallest absolute Gasteiger partial charge is 0.0772 e. The third-order valence-electron chi connectivity index (χ3n) is 5.76. The van der Waals surface area contributed by atoms with Crippen molar-refractivity contribution in [1.29, 1.82) is 0 Å². The van der Waals surface area contributed by atoms with Gasteiger partial charge in [-0.15, -0.1) is 0 Å². The highest BCUT2D eigenvalue weighted by molar-refractivity contribution is 5.04. The van der Waals surface area contributed by atoms with Gasteiger partial charge in [-0.1, -0.05) is 27.7 Å². The maximum absolute atomic E-state index is 10.7. The van der Waals surface area contributed by atoms with E-state index in [1.54, 1.807) is 0 Å². The van der Waals surface area contributed by atoms with Crippen molar-refractivity contribution >= 4 is 0 Å². The Hall–Kier alpha value is -0.120. The van der Waals surface area contributed by atoms with Crippen LogP contribution in [0.5, 0.6) is 0 Å². The second-order valence-corrected chi connectivity index (χ2v) is 8.32. The molecule has 0 amide bonds. The molecule has 0 heterocycles. The molecule has 0 aliphatic heterocycles. The summed E-state index contributed by atoms with van der Waals surface area (Å²) in [6.45, 7) is 12.7. The summed E-state index contributed by atoms with van der Waals surface area (Å²) >= 11 is 0. The van der Waals surface area contributed by atoms with Gasteiger partial charge < -0.3 is 15.2 Å². The predicted molar refractivity (Wildman–Crippen MR) is 82.8 cm³/mol. The SMILES string of the molecule is CCOC1CC(NCC2(O)CCC(C)(C)CC2)C1(C)C. The third kappa shape index (κ3) is 3.37. The molecule has 0 saturated heterocycles. The van der Waals surface area contributed by atoms with Crippen LogP contribution in [0, 0.1) is 10.8 Å². The first-order valence-electron chi connectivity index (χ1n) is 8.26. The lowest BCUT2D eigenvalue weighted by Crippen LogP contribution is -2.63. The highest BCUT2D eigenvalue weighted by atomic mass is 16.5. The Morgan fingerprint density at radius 3 is 2.20 bits per heavy atom. The molecule has 2 rings (SSSR count). The number of nitrogens with one attached hydrogen (secondary N) is 1. The van der Waals surface area contributed by atoms with Gasteiger partial charge in [0, 0.05) is 24.6 Å². The number of hydrogen-bond acceptors (Lipinski definition) is 3. The molecule has 2 aliphatic rings. The van der Waals surface area contributed by atoms with Crippen molar-refractivity contribution in [1.82, 2.24) is 5.32 Å². The van der Waals surface area contributed by atoms with Crippen LogP contribution in [0.3, 0.4) is 0 Å². The van der Waals surface area contributed by atoms with Gasteiger partial charge in [0.05, 0.1) is 11.7 Å². The number of aliphatic hydroxyl groups is 1. The lowest BCUT2D eigenvalue weighted by molar-refractivity contribution is -0.120. The summed E-state index contributed by atoms with van der Waals surface area (Å²) < 4.78 is 5.77. The minimum atomic E-state index is -0.498. The van der Waals surface area contributed by atoms with Crippen LogP contribution in [0.1, 0.15) is 66.7 Å². The van der Waals surface area contributed by atoms with Crippen molar-refractivity contribution < 1.29 is 9.84 Å². The second kappa shape index (κ2) is 5.58. The fourth-order valence-electron chi connectivity index (χ4n) is 3.60. The summed E-state index contributed by atoms with van der Waals surface area (Å²) in [7, 11) is 0. The van der Waals surface area contributed by atoms with Crippen LogP contribution in [0.15, 0.2) is 0 Å². The van der Waals surface area contributed by atoms with Crippen LogP contribution < -0.4 is 5.32 Å². The van der Waals surface area contributed by atoms with Gasteiger partial charge in [-0.2, -0.15) is 0 Å². The van der Waals surface area contributed by atoms with Gasteiger partial charge in [-0.05, 0) is 44.4 Å². The maximum Gasteiger partial charge on any atom is 0.0772 e. The van der Waals surface area contributed by atoms with E-state index < -0.39 is 5.60 Å². The van der Waals surface area contributed by atoms with Crippen LogP contribution in [0.25, 0.3) is 0 Å². The molecule has 0 bridgehead atoms. The van der Waals surface area contributed by atoms with Crippen molar-refractivity contribution in [3.8, 4) is 0 Å². The van der Waals surface area contributed by atoms with Gasteiger partial charge in [0.2, 0.25) is 0 Å². The van der Waals surface area contributed by atoms with E-state index in [1.807, 2.05) is 0 Å². The Kier molecular flexibility index (Phi) is 4.54. The number of hydrogen-bond donors (Lipinski definition) is 2. The normalized spacial score (nSPS) is 34.5. The lowest BCUT2D eigenvalue weighted by Gasteiger charge is -2.53. The van der Waals surface area contributed by atoms with Crippen molar-refractivity contribution in [2.24, 2.45) is 10.8 Å². The minimum Gasteiger partial charge on any atom is -0.389 e. The molecule has 3 nitrogen and oxygen atoms in total. The van der Waals surface area contributed by atoms with Gasteiger partial charge in [0.1, 0.15) is 0 Å². The fraction of sp³-hybridized carbons (Fsp3) is 1.00. The average molecular weight is 283 g/mol. The Balaban J connectivity index is 1.79. The van der Waals surface area contributed by atoms with Crippen molar-refractivity contribution in [2.45, 2.75) is 84.5 Å². The largest absolute Gasteiger partial charge is 0.389 e. The van der Waals surface area contributed by atoms with Gasteiger partial charge in [-0.3, -0.25) is 0 Å². The summed E-state index contributed by atoms with van der Waals surface area (Å²) in [5, 5.41) is 14.3. The van der Waals surface area contributed by atoms with Crippen LogP contribution in [0.2, 0.25) is 0 Å². The molecule has 2 saturated carbocycles. The molecule has 2 atom stereocenters. The van der Waals surface area contributed by atoms with Crippen LogP contribution in [-0.2, 0) is 4.74 Å². The van der Waals surface area contributed by atoms with Crippen LogP contribution in [-0.4, -0.2) is 36.0 Å². The first-order chi connectivity index (χ1) is 9.19. The van der Waals surface area contributed by atoms with E-state index in [-0.39, 0.29) is 5.41 Å². The Bertz CT molecular complexity index is 328. The van der Waals surface area contributed by atoms with Crippen molar-refractivity contribution in [3.63, 3.8) is 0 Å². The van der Waals surface area contributed by atoms with Crippen LogP contribution >= 0.6 is 0 Å². The van der Waals surface area contributed by atoms with Gasteiger partial charge in [0.15, 0.2) is 0 Å². The molecule has 2 N–H and O–H groups in total. The standard InChI is InChI=1S/C17H33NO2/c1-6-20-14-11-13(16(14,4)5)18-12-17(19)9-7-15(2,3)8-10-17/h13-14,18-19H,6-12H2,1-5H3. The average Bonchev–Trinajstić information content (AvgIpc) is 2.37. The molecule has 118 valence electrons. The van der Waals surface area contributed by atoms with E-state index in [2.05, 4.69) is 39.9 Å². The predicted octanol–water partition coefficient (Wildman–Crippen LogP) is 3.11. The van der Waals surface area contributed by atoms with Gasteiger partial charge >= 0.3 is 0 Å². The quantitative estimate of drug-likeness (QED) is 0.814. The maximum atomic E-state index is 10.7.